The highest BCUT2D eigenvalue weighted by molar-refractivity contribution is 5.88. The van der Waals surface area contributed by atoms with Gasteiger partial charge in [0.25, 0.3) is 0 Å². The molecule has 0 spiro atoms. The minimum absolute atomic E-state index is 0.0938. The molecule has 4 aromatic rings. The molecule has 3 aromatic carbocycles. The highest BCUT2D eigenvalue weighted by Gasteiger charge is 2.31. The summed E-state index contributed by atoms with van der Waals surface area (Å²) in [6.07, 6.45) is 5.20. The standard InChI is InChI=1S/C32H33N3O/c1-4-12-24(2)35(30-20-18-28(19-21-30)27-15-9-6-10-16-27)31(29-17-11-22-33-23-29)32(36)34-25(3)26-13-7-5-8-14-26/h5-11,13-23,25,31H,2,4,12H2,1,3H3,(H,34,36)/t25-,31+/m0/s1. The lowest BCUT2D eigenvalue weighted by Crippen LogP contribution is -2.41. The largest absolute Gasteiger partial charge is 0.347 e. The second kappa shape index (κ2) is 12.0. The molecule has 0 fully saturated rings. The maximum absolute atomic E-state index is 13.9. The number of nitrogens with one attached hydrogen (secondary N) is 1. The average Bonchev–Trinajstić information content (AvgIpc) is 2.93. The van der Waals surface area contributed by atoms with Crippen LogP contribution in [-0.4, -0.2) is 10.9 Å². The van der Waals surface area contributed by atoms with Gasteiger partial charge >= 0.3 is 0 Å². The number of carbonyl (C=O) groups is 1. The zero-order valence-corrected chi connectivity index (χ0v) is 21.0. The third-order valence-corrected chi connectivity index (χ3v) is 6.30. The van der Waals surface area contributed by atoms with Gasteiger partial charge in [-0.25, -0.2) is 0 Å². The Kier molecular flexibility index (Phi) is 8.30. The fourth-order valence-electron chi connectivity index (χ4n) is 4.44. The summed E-state index contributed by atoms with van der Waals surface area (Å²) in [7, 11) is 0. The second-order valence-corrected chi connectivity index (χ2v) is 8.93. The van der Waals surface area contributed by atoms with Gasteiger partial charge in [-0.2, -0.15) is 0 Å². The maximum Gasteiger partial charge on any atom is 0.248 e. The molecule has 0 radical (unpaired) electrons. The molecule has 0 aliphatic carbocycles. The van der Waals surface area contributed by atoms with Crippen LogP contribution < -0.4 is 10.2 Å². The smallest absolute Gasteiger partial charge is 0.248 e. The Balaban J connectivity index is 1.72. The van der Waals surface area contributed by atoms with Gasteiger partial charge in [0.1, 0.15) is 6.04 Å². The SMILES string of the molecule is C=C(CCC)N(c1ccc(-c2ccccc2)cc1)[C@@H](C(=O)N[C@@H](C)c1ccccc1)c1cccnc1. The first-order chi connectivity index (χ1) is 17.6. The van der Waals surface area contributed by atoms with Gasteiger partial charge in [-0.1, -0.05) is 98.8 Å². The van der Waals surface area contributed by atoms with Gasteiger partial charge in [-0.15, -0.1) is 0 Å². The molecule has 1 aromatic heterocycles. The van der Waals surface area contributed by atoms with Crippen LogP contribution in [0.3, 0.4) is 0 Å². The van der Waals surface area contributed by atoms with Crippen LogP contribution in [0, 0.1) is 0 Å². The third-order valence-electron chi connectivity index (χ3n) is 6.30. The van der Waals surface area contributed by atoms with Gasteiger partial charge in [-0.05, 0) is 48.2 Å². The summed E-state index contributed by atoms with van der Waals surface area (Å²) < 4.78 is 0. The molecule has 36 heavy (non-hydrogen) atoms. The Hall–Kier alpha value is -4.18. The van der Waals surface area contributed by atoms with E-state index in [0.717, 1.165) is 46.5 Å². The lowest BCUT2D eigenvalue weighted by atomic mass is 10.0. The normalized spacial score (nSPS) is 12.4. The van der Waals surface area contributed by atoms with Crippen molar-refractivity contribution in [3.8, 4) is 11.1 Å². The Labute approximate surface area is 214 Å². The summed E-state index contributed by atoms with van der Waals surface area (Å²) >= 11 is 0. The van der Waals surface area contributed by atoms with Crippen LogP contribution in [0.4, 0.5) is 5.69 Å². The van der Waals surface area contributed by atoms with Crippen molar-refractivity contribution >= 4 is 11.6 Å². The molecule has 1 N–H and O–H groups in total. The van der Waals surface area contributed by atoms with E-state index < -0.39 is 6.04 Å². The van der Waals surface area contributed by atoms with E-state index in [1.165, 1.54) is 0 Å². The first kappa shape index (κ1) is 24.9. The number of allylic oxidation sites excluding steroid dienone is 1. The van der Waals surface area contributed by atoms with E-state index >= 15 is 0 Å². The molecule has 0 bridgehead atoms. The first-order valence-electron chi connectivity index (χ1n) is 12.5. The Morgan fingerprint density at radius 3 is 2.08 bits per heavy atom. The van der Waals surface area contributed by atoms with Crippen LogP contribution in [0.1, 0.15) is 49.9 Å². The van der Waals surface area contributed by atoms with Crippen molar-refractivity contribution < 1.29 is 4.79 Å². The molecule has 182 valence electrons. The number of hydrogen-bond donors (Lipinski definition) is 1. The van der Waals surface area contributed by atoms with E-state index in [1.54, 1.807) is 12.4 Å². The Bertz CT molecular complexity index is 1260. The van der Waals surface area contributed by atoms with Crippen LogP contribution in [0.2, 0.25) is 0 Å². The third kappa shape index (κ3) is 5.89. The fraction of sp³-hybridized carbons (Fsp3) is 0.188. The molecule has 2 atom stereocenters. The van der Waals surface area contributed by atoms with Crippen molar-refractivity contribution in [1.29, 1.82) is 0 Å². The zero-order chi connectivity index (χ0) is 25.3. The Morgan fingerprint density at radius 1 is 0.861 bits per heavy atom. The molecule has 0 saturated heterocycles. The molecule has 0 aliphatic rings. The molecule has 1 heterocycles. The van der Waals surface area contributed by atoms with Gasteiger partial charge in [-0.3, -0.25) is 9.78 Å². The molecule has 4 rings (SSSR count). The van der Waals surface area contributed by atoms with Gasteiger partial charge in [0.05, 0.1) is 6.04 Å². The highest BCUT2D eigenvalue weighted by Crippen LogP contribution is 2.34. The minimum atomic E-state index is -0.605. The van der Waals surface area contributed by atoms with Crippen molar-refractivity contribution in [2.45, 2.75) is 38.8 Å². The van der Waals surface area contributed by atoms with Crippen molar-refractivity contribution in [3.63, 3.8) is 0 Å². The van der Waals surface area contributed by atoms with Crippen molar-refractivity contribution in [2.75, 3.05) is 4.90 Å². The number of carbonyl (C=O) groups excluding carboxylic acids is 1. The molecule has 0 unspecified atom stereocenters. The van der Waals surface area contributed by atoms with Gasteiger partial charge in [0, 0.05) is 29.3 Å². The van der Waals surface area contributed by atoms with Crippen LogP contribution in [0.25, 0.3) is 11.1 Å². The highest BCUT2D eigenvalue weighted by atomic mass is 16.2. The number of pyridine rings is 1. The second-order valence-electron chi connectivity index (χ2n) is 8.93. The van der Waals surface area contributed by atoms with Gasteiger partial charge in [0.2, 0.25) is 5.91 Å². The molecular formula is C32H33N3O. The quantitative estimate of drug-likeness (QED) is 0.258. The first-order valence-corrected chi connectivity index (χ1v) is 12.5. The van der Waals surface area contributed by atoms with Crippen molar-refractivity contribution in [2.24, 2.45) is 0 Å². The molecule has 4 nitrogen and oxygen atoms in total. The monoisotopic (exact) mass is 475 g/mol. The van der Waals surface area contributed by atoms with E-state index in [0.29, 0.717) is 0 Å². The van der Waals surface area contributed by atoms with E-state index in [1.807, 2.05) is 67.6 Å². The van der Waals surface area contributed by atoms with E-state index in [4.69, 9.17) is 0 Å². The van der Waals surface area contributed by atoms with Crippen molar-refractivity contribution in [3.05, 3.63) is 133 Å². The lowest BCUT2D eigenvalue weighted by molar-refractivity contribution is -0.123. The van der Waals surface area contributed by atoms with Crippen LogP contribution in [-0.2, 0) is 4.79 Å². The average molecular weight is 476 g/mol. The molecule has 4 heteroatoms. The summed E-state index contributed by atoms with van der Waals surface area (Å²) in [5, 5.41) is 3.23. The number of aromatic nitrogens is 1. The number of nitrogens with zero attached hydrogens (tertiary/aromatic N) is 2. The number of benzene rings is 3. The van der Waals surface area contributed by atoms with Crippen LogP contribution in [0.15, 0.2) is 122 Å². The number of rotatable bonds is 10. The van der Waals surface area contributed by atoms with Crippen molar-refractivity contribution in [1.82, 2.24) is 10.3 Å². The molecule has 0 aliphatic heterocycles. The van der Waals surface area contributed by atoms with Crippen LogP contribution in [0.5, 0.6) is 0 Å². The topological polar surface area (TPSA) is 45.2 Å². The summed E-state index contributed by atoms with van der Waals surface area (Å²) in [5.41, 5.74) is 5.97. The lowest BCUT2D eigenvalue weighted by Gasteiger charge is -2.35. The number of anilines is 1. The summed E-state index contributed by atoms with van der Waals surface area (Å²) in [4.78, 5) is 20.3. The molecular weight excluding hydrogens is 442 g/mol. The Morgan fingerprint density at radius 2 is 1.47 bits per heavy atom. The number of amides is 1. The maximum atomic E-state index is 13.9. The fourth-order valence-corrected chi connectivity index (χ4v) is 4.44. The molecule has 1 amide bonds. The van der Waals surface area contributed by atoms with E-state index in [2.05, 4.69) is 65.1 Å². The van der Waals surface area contributed by atoms with E-state index in [-0.39, 0.29) is 11.9 Å². The zero-order valence-electron chi connectivity index (χ0n) is 21.0. The predicted molar refractivity (Wildman–Crippen MR) is 148 cm³/mol. The van der Waals surface area contributed by atoms with Crippen LogP contribution >= 0.6 is 0 Å². The minimum Gasteiger partial charge on any atom is -0.347 e. The van der Waals surface area contributed by atoms with Gasteiger partial charge < -0.3 is 10.2 Å². The summed E-state index contributed by atoms with van der Waals surface area (Å²) in [6, 6.07) is 31.7. The number of hydrogen-bond acceptors (Lipinski definition) is 3. The predicted octanol–water partition coefficient (Wildman–Crippen LogP) is 7.49. The van der Waals surface area contributed by atoms with Gasteiger partial charge in [0.15, 0.2) is 0 Å². The van der Waals surface area contributed by atoms with E-state index in [9.17, 15) is 4.79 Å². The summed E-state index contributed by atoms with van der Waals surface area (Å²) in [6.45, 7) is 8.52. The summed E-state index contributed by atoms with van der Waals surface area (Å²) in [5.74, 6) is -0.0938. The molecule has 0 saturated carbocycles.